The van der Waals surface area contributed by atoms with E-state index in [2.05, 4.69) is 17.4 Å². The van der Waals surface area contributed by atoms with Crippen molar-refractivity contribution < 1.29 is 18.7 Å². The predicted molar refractivity (Wildman–Crippen MR) is 84.5 cm³/mol. The zero-order valence-electron chi connectivity index (χ0n) is 12.3. The Balaban J connectivity index is 1.49. The maximum atomic E-state index is 12.1. The molecule has 0 saturated heterocycles. The molecule has 1 aliphatic rings. The van der Waals surface area contributed by atoms with E-state index in [0.717, 1.165) is 0 Å². The zero-order chi connectivity index (χ0) is 16.1. The van der Waals surface area contributed by atoms with Gasteiger partial charge >= 0.3 is 0 Å². The number of furan rings is 1. The van der Waals surface area contributed by atoms with Gasteiger partial charge in [0.05, 0.1) is 6.26 Å². The lowest BCUT2D eigenvalue weighted by Crippen LogP contribution is -2.48. The normalized spacial score (nSPS) is 16.1. The molecule has 2 N–H and O–H groups in total. The largest absolute Gasteiger partial charge is 0.485 e. The average molecular weight is 312 g/mol. The van der Waals surface area contributed by atoms with Gasteiger partial charge in [0, 0.05) is 5.70 Å². The van der Waals surface area contributed by atoms with Crippen LogP contribution in [0.25, 0.3) is 6.08 Å². The Kier molecular flexibility index (Phi) is 4.33. The highest BCUT2D eigenvalue weighted by molar-refractivity contribution is 5.81. The Morgan fingerprint density at radius 3 is 2.78 bits per heavy atom. The number of hydrogen-bond donors (Lipinski definition) is 2. The first-order valence-electron chi connectivity index (χ1n) is 7.07. The average Bonchev–Trinajstić information content (AvgIpc) is 3.11. The third kappa shape index (κ3) is 3.74. The zero-order valence-corrected chi connectivity index (χ0v) is 12.3. The molecule has 0 aliphatic carbocycles. The maximum absolute atomic E-state index is 12.1. The van der Waals surface area contributed by atoms with Crippen LogP contribution in [0.3, 0.4) is 0 Å². The van der Waals surface area contributed by atoms with Crippen LogP contribution in [0.4, 0.5) is 0 Å². The van der Waals surface area contributed by atoms with E-state index in [1.54, 1.807) is 36.6 Å². The summed E-state index contributed by atoms with van der Waals surface area (Å²) in [6.07, 6.45) is 4.28. The van der Waals surface area contributed by atoms with Crippen LogP contribution >= 0.6 is 0 Å². The molecule has 2 aromatic rings. The maximum Gasteiger partial charge on any atom is 0.282 e. The highest BCUT2D eigenvalue weighted by Crippen LogP contribution is 2.30. The minimum absolute atomic E-state index is 0.152. The molecule has 6 nitrogen and oxygen atoms in total. The molecule has 118 valence electrons. The molecule has 2 heterocycles. The van der Waals surface area contributed by atoms with Crippen LogP contribution in [0.15, 0.2) is 65.4 Å². The molecule has 6 heteroatoms. The van der Waals surface area contributed by atoms with Crippen molar-refractivity contribution in [3.05, 3.63) is 66.8 Å². The smallest absolute Gasteiger partial charge is 0.282 e. The van der Waals surface area contributed by atoms with Crippen LogP contribution in [0.5, 0.6) is 11.5 Å². The van der Waals surface area contributed by atoms with E-state index in [-0.39, 0.29) is 12.5 Å². The molecular formula is C17H16N2O4. The lowest BCUT2D eigenvalue weighted by molar-refractivity contribution is -0.131. The highest BCUT2D eigenvalue weighted by atomic mass is 16.6. The predicted octanol–water partition coefficient (Wildman–Crippen LogP) is 2.27. The van der Waals surface area contributed by atoms with Gasteiger partial charge in [0.2, 0.25) is 6.10 Å². The summed E-state index contributed by atoms with van der Waals surface area (Å²) < 4.78 is 16.3. The molecule has 0 fully saturated rings. The van der Waals surface area contributed by atoms with Gasteiger partial charge < -0.3 is 13.9 Å². The molecule has 0 bridgehead atoms. The first-order valence-corrected chi connectivity index (χ1v) is 7.07. The fourth-order valence-corrected chi connectivity index (χ4v) is 1.98. The Labute approximate surface area is 133 Å². The second-order valence-corrected chi connectivity index (χ2v) is 4.85. The van der Waals surface area contributed by atoms with Crippen molar-refractivity contribution in [1.29, 1.82) is 0 Å². The number of carbonyl (C=O) groups excluding carboxylic acids is 1. The van der Waals surface area contributed by atoms with Gasteiger partial charge in [0.15, 0.2) is 11.5 Å². The molecule has 1 atom stereocenters. The molecule has 1 aromatic carbocycles. The number of carbonyl (C=O) groups is 1. The number of hydrazine groups is 1. The number of para-hydroxylation sites is 2. The number of nitrogens with one attached hydrogen (secondary N) is 2. The minimum atomic E-state index is -0.723. The van der Waals surface area contributed by atoms with Crippen molar-refractivity contribution >= 4 is 12.0 Å². The van der Waals surface area contributed by atoms with Crippen molar-refractivity contribution in [2.24, 2.45) is 0 Å². The van der Waals surface area contributed by atoms with Gasteiger partial charge in [0.25, 0.3) is 5.91 Å². The summed E-state index contributed by atoms with van der Waals surface area (Å²) in [4.78, 5) is 12.1. The van der Waals surface area contributed by atoms with Gasteiger partial charge in [-0.15, -0.1) is 0 Å². The molecule has 1 unspecified atom stereocenters. The number of hydrogen-bond acceptors (Lipinski definition) is 5. The van der Waals surface area contributed by atoms with Crippen molar-refractivity contribution in [3.8, 4) is 11.5 Å². The van der Waals surface area contributed by atoms with Crippen LogP contribution in [0.1, 0.15) is 5.76 Å². The number of fused-ring (bicyclic) bond motifs is 1. The molecule has 0 saturated carbocycles. The molecular weight excluding hydrogens is 296 g/mol. The second kappa shape index (κ2) is 6.74. The van der Waals surface area contributed by atoms with E-state index < -0.39 is 6.10 Å². The van der Waals surface area contributed by atoms with Gasteiger partial charge in [-0.3, -0.25) is 15.6 Å². The minimum Gasteiger partial charge on any atom is -0.485 e. The van der Waals surface area contributed by atoms with Gasteiger partial charge in [-0.2, -0.15) is 0 Å². The van der Waals surface area contributed by atoms with E-state index >= 15 is 0 Å². The van der Waals surface area contributed by atoms with Crippen LogP contribution in [-0.2, 0) is 4.79 Å². The first-order chi connectivity index (χ1) is 11.2. The van der Waals surface area contributed by atoms with Crippen LogP contribution in [-0.4, -0.2) is 18.6 Å². The van der Waals surface area contributed by atoms with Gasteiger partial charge in [-0.05, 0) is 36.4 Å². The molecule has 3 rings (SSSR count). The summed E-state index contributed by atoms with van der Waals surface area (Å²) in [6, 6.07) is 10.8. The SMILES string of the molecule is C=C(C=Cc1ccco1)NNC(=O)C1COc2ccccc2O1. The topological polar surface area (TPSA) is 72.7 Å². The van der Waals surface area contributed by atoms with E-state index in [4.69, 9.17) is 13.9 Å². The molecule has 1 aromatic heterocycles. The number of allylic oxidation sites excluding steroid dienone is 1. The number of ether oxygens (including phenoxy) is 2. The quantitative estimate of drug-likeness (QED) is 0.654. The van der Waals surface area contributed by atoms with Gasteiger partial charge in [-0.25, -0.2) is 0 Å². The molecule has 0 spiro atoms. The Bertz CT molecular complexity index is 722. The van der Waals surface area contributed by atoms with Crippen molar-refractivity contribution in [2.45, 2.75) is 6.10 Å². The molecule has 0 radical (unpaired) electrons. The van der Waals surface area contributed by atoms with Crippen LogP contribution < -0.4 is 20.3 Å². The monoisotopic (exact) mass is 312 g/mol. The van der Waals surface area contributed by atoms with E-state index in [1.807, 2.05) is 18.2 Å². The third-order valence-electron chi connectivity index (χ3n) is 3.14. The van der Waals surface area contributed by atoms with Crippen molar-refractivity contribution in [1.82, 2.24) is 10.9 Å². The van der Waals surface area contributed by atoms with E-state index in [9.17, 15) is 4.79 Å². The van der Waals surface area contributed by atoms with Crippen molar-refractivity contribution in [3.63, 3.8) is 0 Å². The standard InChI is InChI=1S/C17H16N2O4/c1-12(8-9-13-5-4-10-21-13)18-19-17(20)16-11-22-14-6-2-3-7-15(14)23-16/h2-10,16,18H,1,11H2,(H,19,20). The molecule has 1 aliphatic heterocycles. The summed E-state index contributed by atoms with van der Waals surface area (Å²) in [6.45, 7) is 3.93. The third-order valence-corrected chi connectivity index (χ3v) is 3.14. The van der Waals surface area contributed by atoms with Crippen LogP contribution in [0, 0.1) is 0 Å². The lowest BCUT2D eigenvalue weighted by atomic mass is 10.2. The fourth-order valence-electron chi connectivity index (χ4n) is 1.98. The highest BCUT2D eigenvalue weighted by Gasteiger charge is 2.27. The van der Waals surface area contributed by atoms with E-state index in [1.165, 1.54) is 0 Å². The van der Waals surface area contributed by atoms with Crippen molar-refractivity contribution in [2.75, 3.05) is 6.61 Å². The molecule has 1 amide bonds. The first kappa shape index (κ1) is 14.8. The summed E-state index contributed by atoms with van der Waals surface area (Å²) in [5, 5.41) is 0. The summed E-state index contributed by atoms with van der Waals surface area (Å²) in [5.41, 5.74) is 5.75. The Hall–Kier alpha value is -3.15. The Morgan fingerprint density at radius 2 is 2.00 bits per heavy atom. The number of benzene rings is 1. The second-order valence-electron chi connectivity index (χ2n) is 4.85. The Morgan fingerprint density at radius 1 is 1.17 bits per heavy atom. The molecule has 23 heavy (non-hydrogen) atoms. The number of rotatable bonds is 5. The van der Waals surface area contributed by atoms with E-state index in [0.29, 0.717) is 23.0 Å². The lowest BCUT2D eigenvalue weighted by Gasteiger charge is -2.25. The number of amides is 1. The summed E-state index contributed by atoms with van der Waals surface area (Å²) >= 11 is 0. The van der Waals surface area contributed by atoms with Crippen LogP contribution in [0.2, 0.25) is 0 Å². The fraction of sp³-hybridized carbons (Fsp3) is 0.118. The van der Waals surface area contributed by atoms with Gasteiger partial charge in [0.1, 0.15) is 12.4 Å². The summed E-state index contributed by atoms with van der Waals surface area (Å²) in [7, 11) is 0. The van der Waals surface area contributed by atoms with Gasteiger partial charge in [-0.1, -0.05) is 18.7 Å². The summed E-state index contributed by atoms with van der Waals surface area (Å²) in [5.74, 6) is 1.54.